The first-order valence-electron chi connectivity index (χ1n) is 33.9. The van der Waals surface area contributed by atoms with Crippen molar-refractivity contribution >= 4 is 19.7 Å². The minimum atomic E-state index is -4.46. The molecule has 0 spiro atoms. The maximum atomic E-state index is 13.6. The molecule has 3 unspecified atom stereocenters. The second-order valence-corrected chi connectivity index (χ2v) is 25.4. The van der Waals surface area contributed by atoms with E-state index in [-0.39, 0.29) is 31.5 Å². The van der Waals surface area contributed by atoms with Crippen LogP contribution >= 0.6 is 7.82 Å². The fourth-order valence-electron chi connectivity index (χ4n) is 9.54. The largest absolute Gasteiger partial charge is 0.472 e. The summed E-state index contributed by atoms with van der Waals surface area (Å²) in [6.45, 7) is 6.96. The molecule has 0 heterocycles. The molecule has 0 aromatic rings. The lowest BCUT2D eigenvalue weighted by atomic mass is 10.0. The number of nitrogens with zero attached hydrogens (tertiary/aromatic N) is 1. The SMILES string of the molecule is CCCCC/C=C\C/C=C\C/C=C\C/C=C\CCCCCCCCCC(=O)OC(/C=C/CCCCCCCCCCC)C(COP(=O)(O)OCC[N+](C)(C)C)NC(=O)CCCCCCCCCCCCC/C=C\C/C=C\CCCCC. The van der Waals surface area contributed by atoms with E-state index < -0.39 is 20.0 Å². The molecule has 3 atom stereocenters. The van der Waals surface area contributed by atoms with Crippen LogP contribution in [0.25, 0.3) is 0 Å². The lowest BCUT2D eigenvalue weighted by molar-refractivity contribution is -0.870. The lowest BCUT2D eigenvalue weighted by Crippen LogP contribution is -2.47. The predicted octanol–water partition coefficient (Wildman–Crippen LogP) is 21.3. The summed E-state index contributed by atoms with van der Waals surface area (Å²) in [5, 5.41) is 3.06. The van der Waals surface area contributed by atoms with Crippen molar-refractivity contribution in [2.45, 2.75) is 315 Å². The van der Waals surface area contributed by atoms with Gasteiger partial charge in [0.1, 0.15) is 19.3 Å². The van der Waals surface area contributed by atoms with Gasteiger partial charge in [-0.2, -0.15) is 0 Å². The zero-order chi connectivity index (χ0) is 59.3. The number of phosphoric acid groups is 1. The van der Waals surface area contributed by atoms with Crippen LogP contribution in [-0.2, 0) is 27.9 Å². The number of unbranched alkanes of at least 4 members (excludes halogenated alkanes) is 33. The number of quaternary nitrogens is 1. The third kappa shape index (κ3) is 61.6. The van der Waals surface area contributed by atoms with Crippen LogP contribution in [0.5, 0.6) is 0 Å². The number of amides is 1. The van der Waals surface area contributed by atoms with Gasteiger partial charge in [0.2, 0.25) is 5.91 Å². The van der Waals surface area contributed by atoms with Crippen LogP contribution in [0, 0.1) is 0 Å². The van der Waals surface area contributed by atoms with Gasteiger partial charge in [0.15, 0.2) is 0 Å². The number of ether oxygens (including phenoxy) is 1. The van der Waals surface area contributed by atoms with Crippen LogP contribution < -0.4 is 5.32 Å². The zero-order valence-corrected chi connectivity index (χ0v) is 54.7. The average Bonchev–Trinajstić information content (AvgIpc) is 3.44. The minimum absolute atomic E-state index is 0.0351. The Labute approximate surface area is 501 Å². The van der Waals surface area contributed by atoms with Gasteiger partial charge >= 0.3 is 13.8 Å². The molecule has 0 aliphatic heterocycles. The highest BCUT2D eigenvalue weighted by molar-refractivity contribution is 7.47. The molecule has 9 nitrogen and oxygen atoms in total. The van der Waals surface area contributed by atoms with E-state index in [1.165, 1.54) is 173 Å². The number of nitrogens with one attached hydrogen (secondary N) is 1. The Morgan fingerprint density at radius 2 is 0.753 bits per heavy atom. The van der Waals surface area contributed by atoms with Gasteiger partial charge < -0.3 is 19.4 Å². The van der Waals surface area contributed by atoms with E-state index in [4.69, 9.17) is 13.8 Å². The first-order valence-corrected chi connectivity index (χ1v) is 35.4. The monoisotopic (exact) mass is 1150 g/mol. The smallest absolute Gasteiger partial charge is 0.456 e. The Balaban J connectivity index is 5.13. The Bertz CT molecular complexity index is 1660. The second-order valence-electron chi connectivity index (χ2n) is 24.0. The third-order valence-corrected chi connectivity index (χ3v) is 15.8. The molecule has 0 saturated heterocycles. The van der Waals surface area contributed by atoms with Crippen molar-refractivity contribution in [2.24, 2.45) is 0 Å². The predicted molar refractivity (Wildman–Crippen MR) is 351 cm³/mol. The lowest BCUT2D eigenvalue weighted by Gasteiger charge is -2.27. The molecule has 0 aromatic heterocycles. The van der Waals surface area contributed by atoms with Gasteiger partial charge in [-0.05, 0) is 109 Å². The Kier molecular flexibility index (Phi) is 58.2. The normalized spacial score (nSPS) is 14.1. The van der Waals surface area contributed by atoms with Gasteiger partial charge in [-0.1, -0.05) is 267 Å². The highest BCUT2D eigenvalue weighted by Crippen LogP contribution is 2.43. The summed E-state index contributed by atoms with van der Waals surface area (Å²) in [6, 6.07) is -0.858. The number of allylic oxidation sites excluding steroid dienone is 13. The van der Waals surface area contributed by atoms with E-state index in [1.807, 2.05) is 33.3 Å². The van der Waals surface area contributed by atoms with Crippen LogP contribution in [0.3, 0.4) is 0 Å². The summed E-state index contributed by atoms with van der Waals surface area (Å²) in [5.41, 5.74) is 0. The highest BCUT2D eigenvalue weighted by atomic mass is 31.2. The molecule has 2 N–H and O–H groups in total. The van der Waals surface area contributed by atoms with Crippen LogP contribution in [0.2, 0.25) is 0 Å². The van der Waals surface area contributed by atoms with Crippen LogP contribution in [-0.4, -0.2) is 74.3 Å². The molecule has 0 aliphatic rings. The molecule has 81 heavy (non-hydrogen) atoms. The summed E-state index contributed by atoms with van der Waals surface area (Å²) in [7, 11) is 1.48. The van der Waals surface area contributed by atoms with Crippen LogP contribution in [0.15, 0.2) is 85.1 Å². The first kappa shape index (κ1) is 78.2. The maximum absolute atomic E-state index is 13.6. The fraction of sp³-hybridized carbons (Fsp3) is 0.775. The first-order chi connectivity index (χ1) is 39.4. The Morgan fingerprint density at radius 1 is 0.432 bits per heavy atom. The van der Waals surface area contributed by atoms with Gasteiger partial charge in [0, 0.05) is 12.8 Å². The Hall–Kier alpha value is -2.81. The van der Waals surface area contributed by atoms with Crippen molar-refractivity contribution in [1.29, 1.82) is 0 Å². The molecule has 0 fully saturated rings. The van der Waals surface area contributed by atoms with Crippen molar-refractivity contribution in [3.8, 4) is 0 Å². The van der Waals surface area contributed by atoms with Crippen molar-refractivity contribution in [1.82, 2.24) is 5.32 Å². The standard InChI is InChI=1S/C71H129N2O7P/c1-7-10-13-16-19-22-25-27-29-31-33-35-36-38-40-42-44-46-49-52-55-58-61-64-71(75)80-69(62-59-56-53-50-47-24-21-18-15-12-9-3)68(67-79-81(76,77)78-66-65-73(4,5)6)72-70(74)63-60-57-54-51-48-45-43-41-39-37-34-32-30-28-26-23-20-17-14-11-8-2/h19-20,22-23,27-30,33,35,38,40,59,62,68-69H,7-18,21,24-26,31-32,34,36-37,39,41-58,60-61,63-67H2,1-6H3,(H-,72,74,76,77)/p+1/b22-19-,23-20-,29-27-,30-28-,35-33-,40-38-,62-59+. The summed E-state index contributed by atoms with van der Waals surface area (Å²) in [4.78, 5) is 37.8. The topological polar surface area (TPSA) is 111 Å². The third-order valence-electron chi connectivity index (χ3n) is 14.8. The quantitative estimate of drug-likeness (QED) is 0.0205. The summed E-state index contributed by atoms with van der Waals surface area (Å²) >= 11 is 0. The number of carbonyl (C=O) groups is 2. The second kappa shape index (κ2) is 60.3. The van der Waals surface area contributed by atoms with Crippen molar-refractivity contribution < 1.29 is 37.3 Å². The van der Waals surface area contributed by atoms with Gasteiger partial charge in [0.05, 0.1) is 33.8 Å². The number of phosphoric ester groups is 1. The van der Waals surface area contributed by atoms with Crippen molar-refractivity contribution in [3.05, 3.63) is 85.1 Å². The summed E-state index contributed by atoms with van der Waals surface area (Å²) in [5.74, 6) is -0.516. The molecule has 0 bridgehead atoms. The summed E-state index contributed by atoms with van der Waals surface area (Å²) < 4.78 is 30.8. The van der Waals surface area contributed by atoms with Gasteiger partial charge in [-0.15, -0.1) is 0 Å². The Morgan fingerprint density at radius 3 is 1.15 bits per heavy atom. The minimum Gasteiger partial charge on any atom is -0.456 e. The highest BCUT2D eigenvalue weighted by Gasteiger charge is 2.30. The molecule has 0 radical (unpaired) electrons. The van der Waals surface area contributed by atoms with E-state index in [1.54, 1.807) is 0 Å². The van der Waals surface area contributed by atoms with E-state index in [0.717, 1.165) is 96.3 Å². The maximum Gasteiger partial charge on any atom is 0.472 e. The molecule has 0 saturated carbocycles. The van der Waals surface area contributed by atoms with E-state index in [2.05, 4.69) is 99.0 Å². The van der Waals surface area contributed by atoms with Gasteiger partial charge in [0.25, 0.3) is 0 Å². The van der Waals surface area contributed by atoms with Crippen LogP contribution in [0.4, 0.5) is 0 Å². The van der Waals surface area contributed by atoms with E-state index in [0.29, 0.717) is 17.4 Å². The number of hydrogen-bond donors (Lipinski definition) is 2. The van der Waals surface area contributed by atoms with Gasteiger partial charge in [-0.25, -0.2) is 4.57 Å². The molecular formula is C71H130N2O7P+. The zero-order valence-electron chi connectivity index (χ0n) is 53.8. The molecule has 0 aromatic carbocycles. The van der Waals surface area contributed by atoms with Gasteiger partial charge in [-0.3, -0.25) is 18.6 Å². The molecule has 10 heteroatoms. The number of carbonyl (C=O) groups excluding carboxylic acids is 2. The number of rotatable bonds is 61. The molecule has 470 valence electrons. The molecule has 0 aliphatic carbocycles. The van der Waals surface area contributed by atoms with Crippen LogP contribution in [0.1, 0.15) is 303 Å². The van der Waals surface area contributed by atoms with E-state index in [9.17, 15) is 19.0 Å². The molecular weight excluding hydrogens is 1020 g/mol. The molecule has 0 rings (SSSR count). The molecule has 1 amide bonds. The number of likely N-dealkylation sites (N-methyl/N-ethyl adjacent to an activating group) is 1. The summed E-state index contributed by atoms with van der Waals surface area (Å²) in [6.07, 6.45) is 80.1. The fourth-order valence-corrected chi connectivity index (χ4v) is 10.3. The average molecular weight is 1150 g/mol. The van der Waals surface area contributed by atoms with Crippen molar-refractivity contribution in [2.75, 3.05) is 40.9 Å². The number of hydrogen-bond acceptors (Lipinski definition) is 6. The number of esters is 1. The van der Waals surface area contributed by atoms with E-state index >= 15 is 0 Å². The van der Waals surface area contributed by atoms with Crippen molar-refractivity contribution in [3.63, 3.8) is 0 Å².